The van der Waals surface area contributed by atoms with Gasteiger partial charge in [0.15, 0.2) is 6.61 Å². The molecule has 0 aliphatic rings. The molecule has 0 saturated carbocycles. The van der Waals surface area contributed by atoms with Crippen molar-refractivity contribution in [3.8, 4) is 0 Å². The lowest BCUT2D eigenvalue weighted by Gasteiger charge is -2.18. The van der Waals surface area contributed by atoms with Crippen molar-refractivity contribution in [3.05, 3.63) is 30.1 Å². The van der Waals surface area contributed by atoms with E-state index in [1.54, 1.807) is 13.8 Å². The standard InChI is InChI=1S/C13H16F3NO3/c1-9(2)19-7-13(15,16)8-20-12(18)17-11-6-4-3-5-10(11)14/h3-6,9H,7-8H2,1-2H3,(H,17,18). The number of ether oxygens (including phenoxy) is 2. The van der Waals surface area contributed by atoms with Crippen LogP contribution in [-0.4, -0.2) is 31.3 Å². The van der Waals surface area contributed by atoms with Crippen LogP contribution in [0.1, 0.15) is 13.8 Å². The second-order valence-corrected chi connectivity index (χ2v) is 4.40. The van der Waals surface area contributed by atoms with E-state index in [9.17, 15) is 18.0 Å². The Morgan fingerprint density at radius 2 is 1.95 bits per heavy atom. The third-order valence-electron chi connectivity index (χ3n) is 2.15. The summed E-state index contributed by atoms with van der Waals surface area (Å²) in [6.45, 7) is 1.24. The molecule has 0 fully saturated rings. The second-order valence-electron chi connectivity index (χ2n) is 4.40. The van der Waals surface area contributed by atoms with Crippen molar-refractivity contribution in [2.75, 3.05) is 18.5 Å². The smallest absolute Gasteiger partial charge is 0.411 e. The summed E-state index contributed by atoms with van der Waals surface area (Å²) in [7, 11) is 0. The normalized spacial score (nSPS) is 11.5. The summed E-state index contributed by atoms with van der Waals surface area (Å²) in [6.07, 6.45) is -1.51. The molecule has 20 heavy (non-hydrogen) atoms. The summed E-state index contributed by atoms with van der Waals surface area (Å²) in [5.74, 6) is -3.98. The molecule has 4 nitrogen and oxygen atoms in total. The molecule has 0 spiro atoms. The number of hydrogen-bond donors (Lipinski definition) is 1. The lowest BCUT2D eigenvalue weighted by atomic mass is 10.3. The van der Waals surface area contributed by atoms with Crippen LogP contribution in [0.3, 0.4) is 0 Å². The number of amides is 1. The summed E-state index contributed by atoms with van der Waals surface area (Å²) in [6, 6.07) is 5.34. The average molecular weight is 291 g/mol. The maximum Gasteiger partial charge on any atom is 0.411 e. The Kier molecular flexibility index (Phi) is 5.82. The molecule has 1 aromatic rings. The molecule has 0 atom stereocenters. The highest BCUT2D eigenvalue weighted by Crippen LogP contribution is 2.17. The fraction of sp³-hybridized carbons (Fsp3) is 0.462. The van der Waals surface area contributed by atoms with E-state index in [0.29, 0.717) is 0 Å². The second kappa shape index (κ2) is 7.14. The van der Waals surface area contributed by atoms with E-state index in [2.05, 4.69) is 4.74 Å². The van der Waals surface area contributed by atoms with Gasteiger partial charge in [-0.1, -0.05) is 12.1 Å². The van der Waals surface area contributed by atoms with Gasteiger partial charge in [0.25, 0.3) is 0 Å². The number of rotatable bonds is 6. The molecule has 7 heteroatoms. The molecule has 0 saturated heterocycles. The van der Waals surface area contributed by atoms with Crippen molar-refractivity contribution in [2.45, 2.75) is 25.9 Å². The Labute approximate surface area is 114 Å². The average Bonchev–Trinajstić information content (AvgIpc) is 2.37. The van der Waals surface area contributed by atoms with Gasteiger partial charge < -0.3 is 9.47 Å². The van der Waals surface area contributed by atoms with Gasteiger partial charge >= 0.3 is 12.0 Å². The molecule has 1 aromatic carbocycles. The molecular weight excluding hydrogens is 275 g/mol. The van der Waals surface area contributed by atoms with Crippen LogP contribution in [0, 0.1) is 5.82 Å². The van der Waals surface area contributed by atoms with Crippen molar-refractivity contribution in [1.29, 1.82) is 0 Å². The fourth-order valence-corrected chi connectivity index (χ4v) is 1.21. The Morgan fingerprint density at radius 1 is 1.30 bits per heavy atom. The van der Waals surface area contributed by atoms with E-state index in [4.69, 9.17) is 4.74 Å². The van der Waals surface area contributed by atoms with Gasteiger partial charge in [0.1, 0.15) is 12.4 Å². The van der Waals surface area contributed by atoms with Gasteiger partial charge in [-0.05, 0) is 26.0 Å². The van der Waals surface area contributed by atoms with Crippen molar-refractivity contribution in [1.82, 2.24) is 0 Å². The van der Waals surface area contributed by atoms with Crippen molar-refractivity contribution in [2.24, 2.45) is 0 Å². The number of nitrogens with one attached hydrogen (secondary N) is 1. The third-order valence-corrected chi connectivity index (χ3v) is 2.15. The van der Waals surface area contributed by atoms with Crippen LogP contribution >= 0.6 is 0 Å². The van der Waals surface area contributed by atoms with Crippen LogP contribution in [0.15, 0.2) is 24.3 Å². The van der Waals surface area contributed by atoms with Crippen molar-refractivity contribution < 1.29 is 27.4 Å². The third kappa shape index (κ3) is 5.92. The monoisotopic (exact) mass is 291 g/mol. The lowest BCUT2D eigenvalue weighted by Crippen LogP contribution is -2.33. The molecule has 0 aliphatic heterocycles. The number of alkyl halides is 2. The summed E-state index contributed by atoms with van der Waals surface area (Å²) >= 11 is 0. The summed E-state index contributed by atoms with van der Waals surface area (Å²) < 4.78 is 48.8. The predicted octanol–water partition coefficient (Wildman–Crippen LogP) is 3.43. The van der Waals surface area contributed by atoms with Gasteiger partial charge in [-0.2, -0.15) is 0 Å². The zero-order valence-corrected chi connectivity index (χ0v) is 11.2. The number of hydrogen-bond acceptors (Lipinski definition) is 3. The Balaban J connectivity index is 2.41. The molecule has 0 unspecified atom stereocenters. The number of benzene rings is 1. The van der Waals surface area contributed by atoms with E-state index in [1.165, 1.54) is 18.2 Å². The number of carbonyl (C=O) groups excluding carboxylic acids is 1. The number of carbonyl (C=O) groups is 1. The molecule has 0 bridgehead atoms. The Morgan fingerprint density at radius 3 is 2.55 bits per heavy atom. The molecule has 1 rings (SSSR count). The van der Waals surface area contributed by atoms with Crippen LogP contribution in [0.25, 0.3) is 0 Å². The molecular formula is C13H16F3NO3. The largest absolute Gasteiger partial charge is 0.443 e. The maximum atomic E-state index is 13.3. The fourth-order valence-electron chi connectivity index (χ4n) is 1.21. The van der Waals surface area contributed by atoms with Gasteiger partial charge in [-0.25, -0.2) is 18.0 Å². The van der Waals surface area contributed by atoms with Crippen LogP contribution in [0.4, 0.5) is 23.7 Å². The maximum absolute atomic E-state index is 13.3. The molecule has 0 heterocycles. The minimum Gasteiger partial charge on any atom is -0.443 e. The first-order valence-electron chi connectivity index (χ1n) is 5.98. The minimum atomic E-state index is -3.29. The van der Waals surface area contributed by atoms with Gasteiger partial charge in [0.2, 0.25) is 0 Å². The van der Waals surface area contributed by atoms with Crippen LogP contribution in [0.2, 0.25) is 0 Å². The number of halogens is 3. The number of para-hydroxylation sites is 1. The van der Waals surface area contributed by atoms with E-state index in [0.717, 1.165) is 6.07 Å². The first kappa shape index (κ1) is 16.3. The molecule has 112 valence electrons. The molecule has 0 aromatic heterocycles. The summed E-state index contributed by atoms with van der Waals surface area (Å²) in [5.41, 5.74) is -0.140. The number of anilines is 1. The molecule has 1 amide bonds. The molecule has 0 aliphatic carbocycles. The van der Waals surface area contributed by atoms with Crippen molar-refractivity contribution in [3.63, 3.8) is 0 Å². The topological polar surface area (TPSA) is 47.6 Å². The van der Waals surface area contributed by atoms with E-state index < -0.39 is 31.0 Å². The summed E-state index contributed by atoms with van der Waals surface area (Å²) in [4.78, 5) is 11.3. The lowest BCUT2D eigenvalue weighted by molar-refractivity contribution is -0.119. The zero-order valence-electron chi connectivity index (χ0n) is 11.2. The summed E-state index contributed by atoms with van der Waals surface area (Å²) in [5, 5.41) is 2.04. The zero-order chi connectivity index (χ0) is 15.2. The van der Waals surface area contributed by atoms with E-state index in [1.807, 2.05) is 5.32 Å². The first-order valence-corrected chi connectivity index (χ1v) is 5.98. The highest BCUT2D eigenvalue weighted by molar-refractivity contribution is 5.84. The van der Waals surface area contributed by atoms with E-state index in [-0.39, 0.29) is 11.8 Å². The minimum absolute atomic E-state index is 0.140. The SMILES string of the molecule is CC(C)OCC(F)(F)COC(=O)Nc1ccccc1F. The van der Waals surface area contributed by atoms with Gasteiger partial charge in [-0.3, -0.25) is 5.32 Å². The van der Waals surface area contributed by atoms with Gasteiger partial charge in [-0.15, -0.1) is 0 Å². The first-order chi connectivity index (χ1) is 9.30. The van der Waals surface area contributed by atoms with Crippen LogP contribution in [-0.2, 0) is 9.47 Å². The quantitative estimate of drug-likeness (QED) is 0.873. The highest BCUT2D eigenvalue weighted by Gasteiger charge is 2.32. The van der Waals surface area contributed by atoms with Crippen LogP contribution < -0.4 is 5.32 Å². The van der Waals surface area contributed by atoms with E-state index >= 15 is 0 Å². The van der Waals surface area contributed by atoms with Crippen molar-refractivity contribution >= 4 is 11.8 Å². The van der Waals surface area contributed by atoms with Crippen LogP contribution in [0.5, 0.6) is 0 Å². The van der Waals surface area contributed by atoms with Gasteiger partial charge in [0.05, 0.1) is 11.8 Å². The predicted molar refractivity (Wildman–Crippen MR) is 67.4 cm³/mol. The Hall–Kier alpha value is -1.76. The highest BCUT2D eigenvalue weighted by atomic mass is 19.3. The molecule has 1 N–H and O–H groups in total. The van der Waals surface area contributed by atoms with Gasteiger partial charge in [0, 0.05) is 0 Å². The molecule has 0 radical (unpaired) electrons. The Bertz CT molecular complexity index is 452.